The quantitative estimate of drug-likeness (QED) is 0.309. The molecule has 2 aliphatic heterocycles. The first-order valence-corrected chi connectivity index (χ1v) is 11.7. The van der Waals surface area contributed by atoms with Gasteiger partial charge < -0.3 is 14.7 Å². The van der Waals surface area contributed by atoms with Crippen LogP contribution in [0, 0.1) is 0 Å². The molecule has 3 aromatic carbocycles. The highest BCUT2D eigenvalue weighted by Gasteiger charge is 2.46. The van der Waals surface area contributed by atoms with Gasteiger partial charge in [-0.25, -0.2) is 0 Å². The normalized spacial score (nSPS) is 20.9. The Morgan fingerprint density at radius 1 is 1.06 bits per heavy atom. The van der Waals surface area contributed by atoms with Crippen LogP contribution >= 0.6 is 11.6 Å². The van der Waals surface area contributed by atoms with Crippen LogP contribution in [-0.4, -0.2) is 34.3 Å². The van der Waals surface area contributed by atoms with Crippen molar-refractivity contribution in [1.29, 1.82) is 0 Å². The van der Waals surface area contributed by atoms with Crippen LogP contribution < -0.4 is 4.74 Å². The lowest BCUT2D eigenvalue weighted by Gasteiger charge is -2.25. The summed E-state index contributed by atoms with van der Waals surface area (Å²) in [5.74, 6) is -0.729. The summed E-state index contributed by atoms with van der Waals surface area (Å²) >= 11 is 6.26. The number of halogens is 1. The van der Waals surface area contributed by atoms with E-state index in [4.69, 9.17) is 16.3 Å². The maximum atomic E-state index is 13.2. The maximum Gasteiger partial charge on any atom is 0.295 e. The third-order valence-electron chi connectivity index (χ3n) is 6.36. The lowest BCUT2D eigenvalue weighted by Crippen LogP contribution is -2.31. The molecular weight excluding hydrogens is 450 g/mol. The third-order valence-corrected chi connectivity index (χ3v) is 6.59. The first-order valence-electron chi connectivity index (χ1n) is 11.3. The lowest BCUT2D eigenvalue weighted by atomic mass is 9.94. The van der Waals surface area contributed by atoms with E-state index in [0.717, 1.165) is 23.3 Å². The summed E-state index contributed by atoms with van der Waals surface area (Å²) in [7, 11) is 0. The Morgan fingerprint density at radius 3 is 2.62 bits per heavy atom. The minimum atomic E-state index is -0.731. The van der Waals surface area contributed by atoms with Crippen LogP contribution in [0.15, 0.2) is 78.4 Å². The molecule has 2 heterocycles. The molecule has 0 aromatic heterocycles. The van der Waals surface area contributed by atoms with E-state index in [1.165, 1.54) is 4.90 Å². The van der Waals surface area contributed by atoms with E-state index < -0.39 is 17.7 Å². The summed E-state index contributed by atoms with van der Waals surface area (Å²) in [5.41, 5.74) is 3.27. The number of carbonyl (C=O) groups excluding carboxylic acids is 2. The van der Waals surface area contributed by atoms with Crippen molar-refractivity contribution in [3.05, 3.63) is 106 Å². The molecule has 0 spiro atoms. The average Bonchev–Trinajstić information content (AvgIpc) is 3.33. The second-order valence-corrected chi connectivity index (χ2v) is 9.17. The molecule has 1 saturated heterocycles. The molecule has 0 unspecified atom stereocenters. The predicted molar refractivity (Wildman–Crippen MR) is 131 cm³/mol. The monoisotopic (exact) mass is 473 g/mol. The van der Waals surface area contributed by atoms with E-state index in [1.807, 2.05) is 49.4 Å². The molecule has 172 valence electrons. The van der Waals surface area contributed by atoms with Gasteiger partial charge in [0.15, 0.2) is 0 Å². The highest BCUT2D eigenvalue weighted by Crippen LogP contribution is 2.41. The topological polar surface area (TPSA) is 66.8 Å². The number of rotatable bonds is 5. The Hall–Kier alpha value is -3.57. The highest BCUT2D eigenvalue weighted by atomic mass is 35.5. The van der Waals surface area contributed by atoms with Gasteiger partial charge in [-0.05, 0) is 60.4 Å². The largest absolute Gasteiger partial charge is 0.507 e. The molecular formula is C28H24ClNO4. The van der Waals surface area contributed by atoms with Crippen molar-refractivity contribution in [2.75, 3.05) is 6.54 Å². The van der Waals surface area contributed by atoms with Crippen molar-refractivity contribution in [2.24, 2.45) is 0 Å². The molecule has 6 heteroatoms. The number of benzene rings is 3. The van der Waals surface area contributed by atoms with Gasteiger partial charge >= 0.3 is 0 Å². The number of hydrogen-bond acceptors (Lipinski definition) is 4. The van der Waals surface area contributed by atoms with Crippen molar-refractivity contribution in [3.8, 4) is 5.75 Å². The minimum Gasteiger partial charge on any atom is -0.507 e. The second-order valence-electron chi connectivity index (χ2n) is 8.74. The van der Waals surface area contributed by atoms with E-state index in [0.29, 0.717) is 29.1 Å². The minimum absolute atomic E-state index is 0.0578. The number of aliphatic hydroxyl groups excluding tert-OH is 1. The first-order chi connectivity index (χ1) is 16.4. The van der Waals surface area contributed by atoms with Gasteiger partial charge in [0.05, 0.1) is 11.6 Å². The van der Waals surface area contributed by atoms with Crippen LogP contribution in [0.3, 0.4) is 0 Å². The number of aliphatic hydroxyl groups is 1. The molecule has 34 heavy (non-hydrogen) atoms. The summed E-state index contributed by atoms with van der Waals surface area (Å²) in [5, 5.41) is 11.8. The third kappa shape index (κ3) is 4.08. The Bertz CT molecular complexity index is 1300. The number of likely N-dealkylation sites (tertiary alicyclic amines) is 1. The van der Waals surface area contributed by atoms with Crippen LogP contribution in [0.5, 0.6) is 5.75 Å². The summed E-state index contributed by atoms with van der Waals surface area (Å²) in [4.78, 5) is 27.9. The Labute approximate surface area is 203 Å². The molecule has 2 atom stereocenters. The van der Waals surface area contributed by atoms with Crippen LogP contribution in [0.25, 0.3) is 5.76 Å². The number of carbonyl (C=O) groups is 2. The maximum absolute atomic E-state index is 13.2. The molecule has 0 saturated carbocycles. The van der Waals surface area contributed by atoms with E-state index in [9.17, 15) is 14.7 Å². The summed E-state index contributed by atoms with van der Waals surface area (Å²) in [6.07, 6.45) is 1.36. The zero-order valence-corrected chi connectivity index (χ0v) is 19.5. The van der Waals surface area contributed by atoms with E-state index in [2.05, 4.69) is 0 Å². The molecule has 0 radical (unpaired) electrons. The summed E-state index contributed by atoms with van der Waals surface area (Å²) in [6.45, 7) is 2.31. The van der Waals surface area contributed by atoms with Crippen molar-refractivity contribution in [2.45, 2.75) is 31.9 Å². The fourth-order valence-corrected chi connectivity index (χ4v) is 4.95. The van der Waals surface area contributed by atoms with Crippen LogP contribution in [0.2, 0.25) is 5.02 Å². The highest BCUT2D eigenvalue weighted by molar-refractivity contribution is 6.46. The zero-order valence-electron chi connectivity index (χ0n) is 18.7. The van der Waals surface area contributed by atoms with Gasteiger partial charge in [-0.3, -0.25) is 9.59 Å². The molecule has 0 aliphatic carbocycles. The van der Waals surface area contributed by atoms with Crippen molar-refractivity contribution in [1.82, 2.24) is 4.90 Å². The van der Waals surface area contributed by atoms with Crippen molar-refractivity contribution in [3.63, 3.8) is 0 Å². The SMILES string of the molecule is C[C@H]1Cc2cc(/C(O)=C3\C(=O)C(=O)N(CCc4ccccc4)[C@H]3c3cccc(Cl)c3)ccc2O1. The Morgan fingerprint density at radius 2 is 1.85 bits per heavy atom. The second kappa shape index (κ2) is 8.99. The van der Waals surface area contributed by atoms with Gasteiger partial charge in [0, 0.05) is 23.6 Å². The zero-order chi connectivity index (χ0) is 23.8. The number of amides is 1. The molecule has 2 aliphatic rings. The van der Waals surface area contributed by atoms with Gasteiger partial charge in [-0.2, -0.15) is 0 Å². The summed E-state index contributed by atoms with van der Waals surface area (Å²) in [6, 6.07) is 21.5. The number of ketones is 1. The van der Waals surface area contributed by atoms with Gasteiger partial charge in [-0.15, -0.1) is 0 Å². The Balaban J connectivity index is 1.58. The number of hydrogen-bond donors (Lipinski definition) is 1. The standard InChI is InChI=1S/C28H24ClNO4/c1-17-14-21-15-20(10-11-23(21)34-17)26(31)24-25(19-8-5-9-22(29)16-19)30(28(33)27(24)32)13-12-18-6-3-2-4-7-18/h2-11,15-17,25,31H,12-14H2,1H3/b26-24+/t17-,25-/m0/s1. The van der Waals surface area contributed by atoms with Gasteiger partial charge in [0.25, 0.3) is 11.7 Å². The molecule has 5 rings (SSSR count). The van der Waals surface area contributed by atoms with Crippen LogP contribution in [0.1, 0.15) is 35.2 Å². The van der Waals surface area contributed by atoms with Crippen LogP contribution in [-0.2, 0) is 22.4 Å². The molecule has 0 bridgehead atoms. The number of Topliss-reactive ketones (excluding diaryl/α,β-unsaturated/α-hetero) is 1. The van der Waals surface area contributed by atoms with Crippen molar-refractivity contribution >= 4 is 29.1 Å². The smallest absolute Gasteiger partial charge is 0.295 e. The summed E-state index contributed by atoms with van der Waals surface area (Å²) < 4.78 is 5.76. The lowest BCUT2D eigenvalue weighted by molar-refractivity contribution is -0.139. The molecule has 1 N–H and O–H groups in total. The number of ether oxygens (including phenoxy) is 1. The van der Waals surface area contributed by atoms with Gasteiger partial charge in [0.2, 0.25) is 0 Å². The average molecular weight is 474 g/mol. The number of nitrogens with zero attached hydrogens (tertiary/aromatic N) is 1. The van der Waals surface area contributed by atoms with E-state index >= 15 is 0 Å². The molecule has 3 aromatic rings. The molecule has 5 nitrogen and oxygen atoms in total. The first kappa shape index (κ1) is 22.2. The Kier molecular flexibility index (Phi) is 5.88. The molecule has 1 fully saturated rings. The molecule has 1 amide bonds. The number of fused-ring (bicyclic) bond motifs is 1. The van der Waals surface area contributed by atoms with Gasteiger partial charge in [-0.1, -0.05) is 54.1 Å². The van der Waals surface area contributed by atoms with Crippen molar-refractivity contribution < 1.29 is 19.4 Å². The fraction of sp³-hybridized carbons (Fsp3) is 0.214. The fourth-order valence-electron chi connectivity index (χ4n) is 4.75. The predicted octanol–water partition coefficient (Wildman–Crippen LogP) is 5.33. The van der Waals surface area contributed by atoms with Gasteiger partial charge in [0.1, 0.15) is 17.6 Å². The van der Waals surface area contributed by atoms with Crippen LogP contribution in [0.4, 0.5) is 0 Å². The van der Waals surface area contributed by atoms with E-state index in [-0.39, 0.29) is 17.4 Å². The van der Waals surface area contributed by atoms with E-state index in [1.54, 1.807) is 30.3 Å².